The number of anilines is 1. The molecule has 0 unspecified atom stereocenters. The van der Waals surface area contributed by atoms with Crippen molar-refractivity contribution in [1.82, 2.24) is 25.1 Å². The summed E-state index contributed by atoms with van der Waals surface area (Å²) < 4.78 is 1.82. The Balaban J connectivity index is 1.40. The van der Waals surface area contributed by atoms with Crippen LogP contribution in [0.1, 0.15) is 34.0 Å². The quantitative estimate of drug-likeness (QED) is 0.191. The Kier molecular flexibility index (Phi) is 8.75. The summed E-state index contributed by atoms with van der Waals surface area (Å²) in [6.45, 7) is 8.02. The van der Waals surface area contributed by atoms with Crippen molar-refractivity contribution in [2.75, 3.05) is 11.1 Å². The number of rotatable bonds is 10. The molecule has 0 radical (unpaired) electrons. The van der Waals surface area contributed by atoms with Gasteiger partial charge in [0.25, 0.3) is 5.91 Å². The molecule has 2 aromatic heterocycles. The van der Waals surface area contributed by atoms with E-state index in [2.05, 4.69) is 32.4 Å². The molecule has 2 heterocycles. The van der Waals surface area contributed by atoms with Crippen LogP contribution in [0.5, 0.6) is 0 Å². The third kappa shape index (κ3) is 6.46. The zero-order valence-corrected chi connectivity index (χ0v) is 22.7. The minimum absolute atomic E-state index is 0.120. The average molecular weight is 553 g/mol. The first-order valence-electron chi connectivity index (χ1n) is 11.4. The number of carbonyl (C=O) groups is 2. The molecule has 0 aliphatic heterocycles. The highest BCUT2D eigenvalue weighted by Crippen LogP contribution is 2.30. The van der Waals surface area contributed by atoms with E-state index in [-0.39, 0.29) is 17.6 Å². The number of allylic oxidation sites excluding steroid dienone is 1. The number of carbonyl (C=O) groups excluding carboxylic acids is 2. The molecule has 0 spiro atoms. The highest BCUT2D eigenvalue weighted by Gasteiger charge is 2.21. The first-order chi connectivity index (χ1) is 17.9. The number of thiazole rings is 1. The van der Waals surface area contributed by atoms with Crippen LogP contribution >= 0.6 is 34.7 Å². The minimum atomic E-state index is -0.450. The number of hydrogen-bond donors (Lipinski definition) is 2. The van der Waals surface area contributed by atoms with Gasteiger partial charge in [0.2, 0.25) is 5.91 Å². The Labute approximate surface area is 228 Å². The van der Waals surface area contributed by atoms with Crippen LogP contribution in [0.2, 0.25) is 5.02 Å². The van der Waals surface area contributed by atoms with Gasteiger partial charge in [-0.3, -0.25) is 9.59 Å². The molecule has 2 aromatic carbocycles. The van der Waals surface area contributed by atoms with E-state index in [1.807, 2.05) is 48.7 Å². The second-order valence-electron chi connectivity index (χ2n) is 8.04. The van der Waals surface area contributed by atoms with Crippen molar-refractivity contribution in [3.8, 4) is 11.3 Å². The van der Waals surface area contributed by atoms with Gasteiger partial charge < -0.3 is 15.2 Å². The first-order valence-corrected chi connectivity index (χ1v) is 13.6. The third-order valence-corrected chi connectivity index (χ3v) is 7.52. The van der Waals surface area contributed by atoms with Gasteiger partial charge in [-0.2, -0.15) is 0 Å². The molecule has 2 N–H and O–H groups in total. The number of aryl methyl sites for hydroxylation is 1. The van der Waals surface area contributed by atoms with E-state index < -0.39 is 6.04 Å². The maximum atomic E-state index is 12.7. The Bertz CT molecular complexity index is 1420. The van der Waals surface area contributed by atoms with Crippen molar-refractivity contribution in [2.45, 2.75) is 31.6 Å². The van der Waals surface area contributed by atoms with E-state index in [4.69, 9.17) is 11.6 Å². The van der Waals surface area contributed by atoms with Gasteiger partial charge in [0.1, 0.15) is 0 Å². The molecule has 0 fully saturated rings. The average Bonchev–Trinajstić information content (AvgIpc) is 3.46. The van der Waals surface area contributed by atoms with Gasteiger partial charge in [0.05, 0.1) is 28.1 Å². The summed E-state index contributed by atoms with van der Waals surface area (Å²) in [6, 6.07) is 16.2. The van der Waals surface area contributed by atoms with Crippen LogP contribution in [0.4, 0.5) is 5.13 Å². The Morgan fingerprint density at radius 3 is 2.62 bits per heavy atom. The summed E-state index contributed by atoms with van der Waals surface area (Å²) in [6.07, 6.45) is 1.71. The topological polar surface area (TPSA) is 102 Å². The molecular weight excluding hydrogens is 528 g/mol. The largest absolute Gasteiger partial charge is 0.342 e. The molecule has 0 saturated carbocycles. The summed E-state index contributed by atoms with van der Waals surface area (Å²) in [5, 5.41) is 15.8. The monoisotopic (exact) mass is 552 g/mol. The van der Waals surface area contributed by atoms with Crippen LogP contribution in [0.25, 0.3) is 11.3 Å². The lowest BCUT2D eigenvalue weighted by Gasteiger charge is -2.15. The van der Waals surface area contributed by atoms with Crippen LogP contribution in [-0.2, 0) is 11.3 Å². The number of nitrogens with zero attached hydrogens (tertiary/aromatic N) is 4. The Hall–Kier alpha value is -3.47. The Morgan fingerprint density at radius 1 is 1.16 bits per heavy atom. The maximum absolute atomic E-state index is 12.7. The van der Waals surface area contributed by atoms with Crippen molar-refractivity contribution >= 4 is 51.6 Å². The normalized spacial score (nSPS) is 11.6. The van der Waals surface area contributed by atoms with E-state index in [0.717, 1.165) is 16.1 Å². The number of benzene rings is 2. The number of aromatic nitrogens is 4. The highest BCUT2D eigenvalue weighted by molar-refractivity contribution is 7.99. The zero-order valence-electron chi connectivity index (χ0n) is 20.3. The molecule has 0 saturated heterocycles. The molecule has 0 bridgehead atoms. The highest BCUT2D eigenvalue weighted by atomic mass is 35.5. The summed E-state index contributed by atoms with van der Waals surface area (Å²) in [7, 11) is 0. The van der Waals surface area contributed by atoms with E-state index in [9.17, 15) is 9.59 Å². The lowest BCUT2D eigenvalue weighted by molar-refractivity contribution is -0.113. The summed E-state index contributed by atoms with van der Waals surface area (Å²) in [4.78, 5) is 31.0. The van der Waals surface area contributed by atoms with Crippen molar-refractivity contribution in [3.63, 3.8) is 0 Å². The van der Waals surface area contributed by atoms with Gasteiger partial charge in [-0.15, -0.1) is 28.1 Å². The van der Waals surface area contributed by atoms with Crippen molar-refractivity contribution < 1.29 is 9.59 Å². The molecule has 37 heavy (non-hydrogen) atoms. The molecule has 11 heteroatoms. The lowest BCUT2D eigenvalue weighted by atomic mass is 10.1. The van der Waals surface area contributed by atoms with Crippen molar-refractivity contribution in [3.05, 3.63) is 88.5 Å². The third-order valence-electron chi connectivity index (χ3n) is 5.33. The van der Waals surface area contributed by atoms with Gasteiger partial charge in [-0.05, 0) is 26.0 Å². The van der Waals surface area contributed by atoms with E-state index in [1.54, 1.807) is 30.3 Å². The molecule has 0 aliphatic rings. The first kappa shape index (κ1) is 26.6. The van der Waals surface area contributed by atoms with E-state index in [0.29, 0.717) is 33.2 Å². The predicted molar refractivity (Wildman–Crippen MR) is 149 cm³/mol. The van der Waals surface area contributed by atoms with Gasteiger partial charge in [0.15, 0.2) is 16.1 Å². The van der Waals surface area contributed by atoms with Crippen molar-refractivity contribution in [1.29, 1.82) is 0 Å². The number of nitrogens with one attached hydrogen (secondary N) is 2. The summed E-state index contributed by atoms with van der Waals surface area (Å²) >= 11 is 8.84. The number of hydrogen-bond acceptors (Lipinski definition) is 7. The second-order valence-corrected chi connectivity index (χ2v) is 10.6. The molecule has 4 rings (SSSR count). The van der Waals surface area contributed by atoms with E-state index in [1.165, 1.54) is 23.1 Å². The number of amides is 2. The van der Waals surface area contributed by atoms with Gasteiger partial charge >= 0.3 is 0 Å². The van der Waals surface area contributed by atoms with Gasteiger partial charge in [0, 0.05) is 17.0 Å². The van der Waals surface area contributed by atoms with Crippen LogP contribution in [0.15, 0.2) is 72.4 Å². The van der Waals surface area contributed by atoms with Gasteiger partial charge in [-0.1, -0.05) is 71.9 Å². The Morgan fingerprint density at radius 2 is 1.89 bits per heavy atom. The molecule has 0 aliphatic carbocycles. The fourth-order valence-corrected chi connectivity index (χ4v) is 5.44. The van der Waals surface area contributed by atoms with Crippen molar-refractivity contribution in [2.24, 2.45) is 0 Å². The van der Waals surface area contributed by atoms with E-state index >= 15 is 0 Å². The molecule has 4 aromatic rings. The van der Waals surface area contributed by atoms with Crippen LogP contribution in [0.3, 0.4) is 0 Å². The fraction of sp³-hybridized carbons (Fsp3) is 0.192. The van der Waals surface area contributed by atoms with Crippen LogP contribution in [-0.4, -0.2) is 37.3 Å². The fourth-order valence-electron chi connectivity index (χ4n) is 3.61. The molecule has 2 amide bonds. The molecule has 8 nitrogen and oxygen atoms in total. The van der Waals surface area contributed by atoms with Crippen LogP contribution in [0, 0.1) is 6.92 Å². The smallest absolute Gasteiger partial charge is 0.253 e. The second kappa shape index (κ2) is 12.2. The summed E-state index contributed by atoms with van der Waals surface area (Å²) in [5.74, 6) is 0.155. The number of halogens is 1. The SMILES string of the molecule is C=CCn1c(SCC(=O)Nc2nc(-c3ccccc3)c(C)s2)nnc1[C@H](C)NC(=O)c1ccccc1Cl. The molecular formula is C26H25ClN6O2S2. The lowest BCUT2D eigenvalue weighted by Crippen LogP contribution is -2.29. The maximum Gasteiger partial charge on any atom is 0.253 e. The predicted octanol–water partition coefficient (Wildman–Crippen LogP) is 5.77. The molecule has 1 atom stereocenters. The minimum Gasteiger partial charge on any atom is -0.342 e. The number of thioether (sulfide) groups is 1. The van der Waals surface area contributed by atoms with Crippen LogP contribution < -0.4 is 10.6 Å². The zero-order chi connectivity index (χ0) is 26.4. The summed E-state index contributed by atoms with van der Waals surface area (Å²) in [5.41, 5.74) is 2.24. The van der Waals surface area contributed by atoms with Gasteiger partial charge in [-0.25, -0.2) is 4.98 Å². The molecule has 190 valence electrons. The standard InChI is InChI=1S/C26H25ClN6O2S2/c1-4-14-33-23(16(2)28-24(35)19-12-8-9-13-20(19)27)31-32-26(33)36-15-21(34)29-25-30-22(17(3)37-25)18-10-6-5-7-11-18/h4-13,16H,1,14-15H2,2-3H3,(H,28,35)(H,29,30,34)/t16-/m0/s1.